The Morgan fingerprint density at radius 2 is 1.40 bits per heavy atom. The van der Waals surface area contributed by atoms with Crippen LogP contribution in [0.4, 0.5) is 0 Å². The van der Waals surface area contributed by atoms with E-state index in [1.807, 2.05) is 32.0 Å². The van der Waals surface area contributed by atoms with Crippen molar-refractivity contribution < 1.29 is 14.2 Å². The van der Waals surface area contributed by atoms with Crippen molar-refractivity contribution in [2.75, 3.05) is 14.2 Å². The van der Waals surface area contributed by atoms with Crippen LogP contribution in [0.5, 0.6) is 17.5 Å². The molecular weight excluding hydrogens is 456 g/mol. The maximum atomic E-state index is 6.06. The summed E-state index contributed by atoms with van der Waals surface area (Å²) in [4.78, 5) is 11.2. The maximum absolute atomic E-state index is 6.06. The topological polar surface area (TPSA) is 53.5 Å². The Morgan fingerprint density at radius 3 is 2.00 bits per heavy atom. The molecule has 182 valence electrons. The molecule has 2 aromatic carbocycles. The van der Waals surface area contributed by atoms with E-state index in [0.29, 0.717) is 24.1 Å². The maximum Gasteiger partial charge on any atom is 0.317 e. The minimum Gasteiger partial charge on any atom is -0.493 e. The summed E-state index contributed by atoms with van der Waals surface area (Å²) in [5, 5.41) is 0. The van der Waals surface area contributed by atoms with Crippen molar-refractivity contribution in [3.05, 3.63) is 77.1 Å². The van der Waals surface area contributed by atoms with Gasteiger partial charge in [-0.1, -0.05) is 45.0 Å². The van der Waals surface area contributed by atoms with Crippen LogP contribution in [0, 0.1) is 13.8 Å². The van der Waals surface area contributed by atoms with Gasteiger partial charge in [-0.2, -0.15) is 0 Å². The third-order valence-electron chi connectivity index (χ3n) is 5.81. The third-order valence-corrected chi connectivity index (χ3v) is 7.08. The second kappa shape index (κ2) is 10.1. The third kappa shape index (κ3) is 5.65. The van der Waals surface area contributed by atoms with Crippen LogP contribution in [0.1, 0.15) is 43.3 Å². The van der Waals surface area contributed by atoms with Gasteiger partial charge in [-0.05, 0) is 66.3 Å². The number of ether oxygens (including phenoxy) is 3. The lowest BCUT2D eigenvalue weighted by Crippen LogP contribution is -2.10. The zero-order valence-electron chi connectivity index (χ0n) is 21.4. The molecule has 0 amide bonds. The summed E-state index contributed by atoms with van der Waals surface area (Å²) in [6.07, 6.45) is 0. The molecule has 0 aliphatic carbocycles. The van der Waals surface area contributed by atoms with E-state index in [-0.39, 0.29) is 5.41 Å². The largest absolute Gasteiger partial charge is 0.493 e. The first kappa shape index (κ1) is 24.7. The van der Waals surface area contributed by atoms with Crippen molar-refractivity contribution in [2.45, 2.75) is 46.6 Å². The summed E-state index contributed by atoms with van der Waals surface area (Å²) in [6, 6.07) is 19.3. The van der Waals surface area contributed by atoms with Crippen molar-refractivity contribution in [3.8, 4) is 38.4 Å². The number of rotatable bonds is 7. The van der Waals surface area contributed by atoms with Gasteiger partial charge in [0, 0.05) is 26.7 Å². The van der Waals surface area contributed by atoms with Crippen molar-refractivity contribution >= 4 is 11.3 Å². The molecule has 5 nitrogen and oxygen atoms in total. The van der Waals surface area contributed by atoms with Crippen LogP contribution in [0.25, 0.3) is 20.9 Å². The highest BCUT2D eigenvalue weighted by Gasteiger charge is 2.18. The average molecular weight is 489 g/mol. The van der Waals surface area contributed by atoms with E-state index in [9.17, 15) is 0 Å². The highest BCUT2D eigenvalue weighted by atomic mass is 32.1. The molecule has 0 aliphatic heterocycles. The van der Waals surface area contributed by atoms with Gasteiger partial charge < -0.3 is 14.2 Å². The van der Waals surface area contributed by atoms with E-state index in [4.69, 9.17) is 14.2 Å². The van der Waals surface area contributed by atoms with Crippen LogP contribution >= 0.6 is 11.3 Å². The van der Waals surface area contributed by atoms with E-state index in [2.05, 4.69) is 67.1 Å². The summed E-state index contributed by atoms with van der Waals surface area (Å²) in [5.74, 6) is 1.41. The quantitative estimate of drug-likeness (QED) is 0.272. The molecule has 0 saturated carbocycles. The fourth-order valence-electron chi connectivity index (χ4n) is 3.93. The van der Waals surface area contributed by atoms with Gasteiger partial charge in [-0.3, -0.25) is 0 Å². The molecule has 4 aromatic rings. The van der Waals surface area contributed by atoms with Crippen molar-refractivity contribution in [1.29, 1.82) is 0 Å². The first-order valence-electron chi connectivity index (χ1n) is 11.6. The number of thiophene rings is 1. The highest BCUT2D eigenvalue weighted by Crippen LogP contribution is 2.41. The second-order valence-electron chi connectivity index (χ2n) is 9.58. The van der Waals surface area contributed by atoms with Crippen molar-refractivity contribution in [3.63, 3.8) is 0 Å². The van der Waals surface area contributed by atoms with Gasteiger partial charge in [0.15, 0.2) is 11.5 Å². The monoisotopic (exact) mass is 488 g/mol. The first-order valence-corrected chi connectivity index (χ1v) is 12.4. The predicted octanol–water partition coefficient (Wildman–Crippen LogP) is 7.38. The summed E-state index contributed by atoms with van der Waals surface area (Å²) < 4.78 is 17.0. The van der Waals surface area contributed by atoms with Gasteiger partial charge in [-0.15, -0.1) is 11.3 Å². The van der Waals surface area contributed by atoms with Gasteiger partial charge in [0.25, 0.3) is 0 Å². The lowest BCUT2D eigenvalue weighted by molar-refractivity contribution is 0.280. The molecule has 2 heterocycles. The lowest BCUT2D eigenvalue weighted by Gasteiger charge is -2.19. The standard InChI is InChI=1S/C29H32N2O3S/c1-18-14-19(2)31-28(30-18)34-17-22-16-26(21-10-13-24(32-6)25(15-21)33-7)35-27(22)20-8-11-23(12-9-20)29(3,4)5/h8-16H,17H2,1-7H3. The summed E-state index contributed by atoms with van der Waals surface area (Å²) in [7, 11) is 3.30. The van der Waals surface area contributed by atoms with Crippen molar-refractivity contribution in [2.24, 2.45) is 0 Å². The molecule has 2 aromatic heterocycles. The van der Waals surface area contributed by atoms with Gasteiger partial charge in [-0.25, -0.2) is 9.97 Å². The molecule has 35 heavy (non-hydrogen) atoms. The fourth-order valence-corrected chi connectivity index (χ4v) is 5.10. The molecule has 6 heteroatoms. The molecule has 4 rings (SSSR count). The molecule has 0 spiro atoms. The normalized spacial score (nSPS) is 11.4. The summed E-state index contributed by atoms with van der Waals surface area (Å²) in [5.41, 5.74) is 6.50. The van der Waals surface area contributed by atoms with Gasteiger partial charge >= 0.3 is 6.01 Å². The molecule has 0 unspecified atom stereocenters. The minimum absolute atomic E-state index is 0.102. The van der Waals surface area contributed by atoms with Crippen LogP contribution < -0.4 is 14.2 Å². The van der Waals surface area contributed by atoms with E-state index in [0.717, 1.165) is 33.0 Å². The zero-order chi connectivity index (χ0) is 25.2. The van der Waals surface area contributed by atoms with E-state index in [1.165, 1.54) is 10.4 Å². The molecular formula is C29H32N2O3S. The van der Waals surface area contributed by atoms with Crippen LogP contribution in [-0.4, -0.2) is 24.2 Å². The molecule has 0 atom stereocenters. The van der Waals surface area contributed by atoms with E-state index >= 15 is 0 Å². The van der Waals surface area contributed by atoms with Gasteiger partial charge in [0.2, 0.25) is 0 Å². The molecule has 0 fully saturated rings. The van der Waals surface area contributed by atoms with Crippen molar-refractivity contribution in [1.82, 2.24) is 9.97 Å². The molecule has 0 saturated heterocycles. The Hall–Kier alpha value is -3.38. The summed E-state index contributed by atoms with van der Waals surface area (Å²) in [6.45, 7) is 11.0. The Bertz CT molecular complexity index is 1300. The van der Waals surface area contributed by atoms with Gasteiger partial charge in [0.05, 0.1) is 14.2 Å². The Labute approximate surface area is 211 Å². The molecule has 0 radical (unpaired) electrons. The van der Waals surface area contributed by atoms with Crippen LogP contribution in [0.15, 0.2) is 54.6 Å². The lowest BCUT2D eigenvalue weighted by atomic mass is 9.86. The molecule has 0 N–H and O–H groups in total. The van der Waals surface area contributed by atoms with Gasteiger partial charge in [0.1, 0.15) is 6.61 Å². The number of benzene rings is 2. The average Bonchev–Trinajstić information content (AvgIpc) is 3.25. The number of nitrogens with zero attached hydrogens (tertiary/aromatic N) is 2. The van der Waals surface area contributed by atoms with E-state index in [1.54, 1.807) is 25.6 Å². The molecule has 0 aliphatic rings. The van der Waals surface area contributed by atoms with Crippen LogP contribution in [0.2, 0.25) is 0 Å². The fraction of sp³-hybridized carbons (Fsp3) is 0.310. The van der Waals surface area contributed by atoms with Crippen LogP contribution in [-0.2, 0) is 12.0 Å². The number of hydrogen-bond acceptors (Lipinski definition) is 6. The Morgan fingerprint density at radius 1 is 0.771 bits per heavy atom. The number of hydrogen-bond donors (Lipinski definition) is 0. The minimum atomic E-state index is 0.102. The number of aryl methyl sites for hydroxylation is 2. The van der Waals surface area contributed by atoms with E-state index < -0.39 is 0 Å². The Kier molecular flexibility index (Phi) is 7.13. The second-order valence-corrected chi connectivity index (χ2v) is 10.6. The smallest absolute Gasteiger partial charge is 0.317 e. The summed E-state index contributed by atoms with van der Waals surface area (Å²) >= 11 is 1.74. The number of methoxy groups -OCH3 is 2. The number of aromatic nitrogens is 2. The highest BCUT2D eigenvalue weighted by molar-refractivity contribution is 7.19. The van der Waals surface area contributed by atoms with Crippen LogP contribution in [0.3, 0.4) is 0 Å². The molecule has 0 bridgehead atoms. The predicted molar refractivity (Wildman–Crippen MR) is 143 cm³/mol. The first-order chi connectivity index (χ1) is 16.7. The Balaban J connectivity index is 1.73. The SMILES string of the molecule is COc1ccc(-c2cc(COc3nc(C)cc(C)n3)c(-c3ccc(C(C)(C)C)cc3)s2)cc1OC. The zero-order valence-corrected chi connectivity index (χ0v) is 22.2.